The molecule has 108 valence electrons. The van der Waals surface area contributed by atoms with Crippen molar-refractivity contribution >= 4 is 17.4 Å². The molecule has 2 heterocycles. The average Bonchev–Trinajstić information content (AvgIpc) is 2.91. The molecule has 0 aromatic carbocycles. The molecule has 0 bridgehead atoms. The van der Waals surface area contributed by atoms with Gasteiger partial charge in [0, 0.05) is 25.4 Å². The predicted octanol–water partition coefficient (Wildman–Crippen LogP) is 1.82. The number of rotatable bonds is 8. The van der Waals surface area contributed by atoms with E-state index in [1.54, 1.807) is 23.1 Å². The van der Waals surface area contributed by atoms with Gasteiger partial charge in [-0.15, -0.1) is 10.2 Å². The Hall–Kier alpha value is -2.18. The van der Waals surface area contributed by atoms with E-state index in [2.05, 4.69) is 27.4 Å². The molecule has 0 fully saturated rings. The molecule has 2 aromatic heterocycles. The molecule has 0 spiro atoms. The van der Waals surface area contributed by atoms with Gasteiger partial charge in [-0.2, -0.15) is 0 Å². The highest BCUT2D eigenvalue weighted by Crippen LogP contribution is 2.16. The lowest BCUT2D eigenvalue weighted by molar-refractivity contribution is -0.137. The van der Waals surface area contributed by atoms with Gasteiger partial charge in [-0.1, -0.05) is 13.3 Å². The van der Waals surface area contributed by atoms with E-state index in [0.717, 1.165) is 25.8 Å². The Kier molecular flexibility index (Phi) is 4.86. The van der Waals surface area contributed by atoms with Gasteiger partial charge in [0.25, 0.3) is 0 Å². The molecule has 7 heteroatoms. The highest BCUT2D eigenvalue weighted by atomic mass is 16.4. The Morgan fingerprint density at radius 3 is 3.10 bits per heavy atom. The van der Waals surface area contributed by atoms with Crippen LogP contribution in [-0.4, -0.2) is 37.2 Å². The summed E-state index contributed by atoms with van der Waals surface area (Å²) in [6, 6.07) is 0. The van der Waals surface area contributed by atoms with Crippen LogP contribution in [0.3, 0.4) is 0 Å². The van der Waals surface area contributed by atoms with Gasteiger partial charge in [0.15, 0.2) is 5.82 Å². The van der Waals surface area contributed by atoms with Crippen molar-refractivity contribution < 1.29 is 9.90 Å². The second-order valence-corrected chi connectivity index (χ2v) is 4.76. The van der Waals surface area contributed by atoms with Crippen LogP contribution in [-0.2, 0) is 4.79 Å². The molecule has 0 amide bonds. The number of anilines is 1. The van der Waals surface area contributed by atoms with Crippen molar-refractivity contribution in [3.05, 3.63) is 18.7 Å². The van der Waals surface area contributed by atoms with Gasteiger partial charge >= 0.3 is 5.97 Å². The van der Waals surface area contributed by atoms with E-state index >= 15 is 0 Å². The summed E-state index contributed by atoms with van der Waals surface area (Å²) < 4.78 is 1.80. The fraction of sp³-hybridized carbons (Fsp3) is 0.538. The second-order valence-electron chi connectivity index (χ2n) is 4.76. The molecule has 0 saturated heterocycles. The van der Waals surface area contributed by atoms with Gasteiger partial charge in [-0.25, -0.2) is 4.98 Å². The first-order valence-electron chi connectivity index (χ1n) is 6.80. The Morgan fingerprint density at radius 2 is 2.35 bits per heavy atom. The monoisotopic (exact) mass is 277 g/mol. The number of aliphatic carboxylic acids is 1. The summed E-state index contributed by atoms with van der Waals surface area (Å²) in [7, 11) is 0. The zero-order valence-corrected chi connectivity index (χ0v) is 11.5. The molecule has 1 unspecified atom stereocenters. The zero-order chi connectivity index (χ0) is 14.4. The van der Waals surface area contributed by atoms with Crippen LogP contribution >= 0.6 is 0 Å². The van der Waals surface area contributed by atoms with E-state index in [1.807, 2.05) is 0 Å². The van der Waals surface area contributed by atoms with Gasteiger partial charge in [-0.05, 0) is 18.8 Å². The van der Waals surface area contributed by atoms with E-state index in [9.17, 15) is 4.79 Å². The van der Waals surface area contributed by atoms with Crippen molar-refractivity contribution in [2.45, 2.75) is 32.6 Å². The predicted molar refractivity (Wildman–Crippen MR) is 74.5 cm³/mol. The first-order chi connectivity index (χ1) is 9.70. The van der Waals surface area contributed by atoms with E-state index in [4.69, 9.17) is 5.11 Å². The molecular weight excluding hydrogens is 258 g/mol. The number of aromatic nitrogens is 4. The minimum absolute atomic E-state index is 0.233. The number of nitrogens with zero attached hydrogens (tertiary/aromatic N) is 4. The van der Waals surface area contributed by atoms with Crippen LogP contribution in [0.25, 0.3) is 5.65 Å². The minimum Gasteiger partial charge on any atom is -0.481 e. The van der Waals surface area contributed by atoms with Crippen molar-refractivity contribution in [3.8, 4) is 0 Å². The van der Waals surface area contributed by atoms with E-state index < -0.39 is 5.97 Å². The Labute approximate surface area is 117 Å². The van der Waals surface area contributed by atoms with Crippen molar-refractivity contribution in [3.63, 3.8) is 0 Å². The maximum absolute atomic E-state index is 10.6. The molecule has 0 aliphatic carbocycles. The summed E-state index contributed by atoms with van der Waals surface area (Å²) in [4.78, 5) is 14.8. The van der Waals surface area contributed by atoms with Crippen LogP contribution in [0.15, 0.2) is 18.7 Å². The summed E-state index contributed by atoms with van der Waals surface area (Å²) in [5.41, 5.74) is 0.700. The van der Waals surface area contributed by atoms with Crippen LogP contribution in [0.5, 0.6) is 0 Å². The fourth-order valence-electron chi connectivity index (χ4n) is 2.16. The van der Waals surface area contributed by atoms with Gasteiger partial charge in [0.2, 0.25) is 5.65 Å². The summed E-state index contributed by atoms with van der Waals surface area (Å²) in [6.07, 6.45) is 7.97. The molecule has 0 aliphatic heterocycles. The topological polar surface area (TPSA) is 92.4 Å². The third-order valence-corrected chi connectivity index (χ3v) is 3.40. The van der Waals surface area contributed by atoms with Crippen LogP contribution in [0, 0.1) is 5.92 Å². The lowest BCUT2D eigenvalue weighted by Crippen LogP contribution is -2.11. The molecule has 2 aromatic rings. The van der Waals surface area contributed by atoms with Gasteiger partial charge in [0.05, 0.1) is 0 Å². The number of carbonyl (C=O) groups is 1. The van der Waals surface area contributed by atoms with Crippen LogP contribution < -0.4 is 5.32 Å². The summed E-state index contributed by atoms with van der Waals surface area (Å²) in [5, 5.41) is 19.8. The molecule has 0 saturated carbocycles. The summed E-state index contributed by atoms with van der Waals surface area (Å²) >= 11 is 0. The molecule has 20 heavy (non-hydrogen) atoms. The molecular formula is C13H19N5O2. The Balaban J connectivity index is 1.85. The smallest absolute Gasteiger partial charge is 0.303 e. The highest BCUT2D eigenvalue weighted by molar-refractivity contribution is 5.66. The molecule has 2 N–H and O–H groups in total. The van der Waals surface area contributed by atoms with Gasteiger partial charge < -0.3 is 10.4 Å². The number of hydrogen-bond acceptors (Lipinski definition) is 5. The number of nitrogens with one attached hydrogen (secondary N) is 1. The average molecular weight is 277 g/mol. The summed E-state index contributed by atoms with van der Waals surface area (Å²) in [6.45, 7) is 2.83. The lowest BCUT2D eigenvalue weighted by atomic mass is 9.97. The molecule has 2 rings (SSSR count). The van der Waals surface area contributed by atoms with E-state index in [0.29, 0.717) is 17.4 Å². The highest BCUT2D eigenvalue weighted by Gasteiger charge is 2.10. The largest absolute Gasteiger partial charge is 0.481 e. The number of carboxylic acids is 1. The second kappa shape index (κ2) is 6.83. The SMILES string of the molecule is CCC(CCNc1nccn2cnnc12)CCC(=O)O. The quantitative estimate of drug-likeness (QED) is 0.764. The number of hydrogen-bond donors (Lipinski definition) is 2. The fourth-order valence-corrected chi connectivity index (χ4v) is 2.16. The molecule has 0 radical (unpaired) electrons. The van der Waals surface area contributed by atoms with Gasteiger partial charge in [0.1, 0.15) is 6.33 Å². The van der Waals surface area contributed by atoms with Crippen molar-refractivity contribution in [2.24, 2.45) is 5.92 Å². The number of fused-ring (bicyclic) bond motifs is 1. The molecule has 1 atom stereocenters. The van der Waals surface area contributed by atoms with E-state index in [1.165, 1.54) is 0 Å². The first kappa shape index (κ1) is 14.2. The molecule has 7 nitrogen and oxygen atoms in total. The zero-order valence-electron chi connectivity index (χ0n) is 11.5. The Bertz CT molecular complexity index is 569. The number of carboxylic acid groups (broad SMARTS) is 1. The van der Waals surface area contributed by atoms with E-state index in [-0.39, 0.29) is 6.42 Å². The van der Waals surface area contributed by atoms with Gasteiger partial charge in [-0.3, -0.25) is 9.20 Å². The lowest BCUT2D eigenvalue weighted by Gasteiger charge is -2.14. The van der Waals surface area contributed by atoms with Crippen LogP contribution in [0.1, 0.15) is 32.6 Å². The maximum Gasteiger partial charge on any atom is 0.303 e. The van der Waals surface area contributed by atoms with Crippen molar-refractivity contribution in [1.82, 2.24) is 19.6 Å². The third kappa shape index (κ3) is 3.66. The first-order valence-corrected chi connectivity index (χ1v) is 6.80. The normalized spacial score (nSPS) is 12.4. The Morgan fingerprint density at radius 1 is 1.50 bits per heavy atom. The molecule has 0 aliphatic rings. The van der Waals surface area contributed by atoms with Crippen molar-refractivity contribution in [1.29, 1.82) is 0 Å². The summed E-state index contributed by atoms with van der Waals surface area (Å²) in [5.74, 6) is 0.389. The van der Waals surface area contributed by atoms with Crippen LogP contribution in [0.4, 0.5) is 5.82 Å². The van der Waals surface area contributed by atoms with Crippen molar-refractivity contribution in [2.75, 3.05) is 11.9 Å². The standard InChI is InChI=1S/C13H19N5O2/c1-2-10(3-4-11(19)20)5-6-14-12-13-17-16-9-18(13)8-7-15-12/h7-10H,2-6H2,1H3,(H,14,15)(H,19,20). The third-order valence-electron chi connectivity index (χ3n) is 3.40. The van der Waals surface area contributed by atoms with Crippen LogP contribution in [0.2, 0.25) is 0 Å². The maximum atomic E-state index is 10.6. The minimum atomic E-state index is -0.730.